The van der Waals surface area contributed by atoms with E-state index in [9.17, 15) is 9.59 Å². The zero-order valence-corrected chi connectivity index (χ0v) is 17.3. The maximum Gasteiger partial charge on any atom is 0.264 e. The van der Waals surface area contributed by atoms with Crippen LogP contribution in [-0.2, 0) is 17.8 Å². The van der Waals surface area contributed by atoms with E-state index in [4.69, 9.17) is 4.98 Å². The minimum Gasteiger partial charge on any atom is -0.358 e. The molecule has 0 bridgehead atoms. The fraction of sp³-hybridized carbons (Fsp3) is 0.292. The molecule has 0 aliphatic carbocycles. The Balaban J connectivity index is 1.70. The Morgan fingerprint density at radius 2 is 1.77 bits per heavy atom. The molecule has 1 aliphatic rings. The molecule has 3 aromatic rings. The molecule has 0 spiro atoms. The predicted molar refractivity (Wildman–Crippen MR) is 118 cm³/mol. The highest BCUT2D eigenvalue weighted by molar-refractivity contribution is 5.84. The number of carbonyl (C=O) groups excluding carboxylic acids is 1. The largest absolute Gasteiger partial charge is 0.358 e. The second-order valence-corrected chi connectivity index (χ2v) is 7.47. The van der Waals surface area contributed by atoms with Crippen molar-refractivity contribution in [3.63, 3.8) is 0 Å². The lowest BCUT2D eigenvalue weighted by molar-refractivity contribution is -0.133. The van der Waals surface area contributed by atoms with Crippen molar-refractivity contribution in [1.29, 1.82) is 0 Å². The van der Waals surface area contributed by atoms with Crippen molar-refractivity contribution >= 4 is 11.9 Å². The SMILES string of the molecule is CCC(C(=O)N1CCc2nc(NC)n(-c3ccccc3)c(=O)c2C1)c1ccccc1. The highest BCUT2D eigenvalue weighted by atomic mass is 16.2. The van der Waals surface area contributed by atoms with Gasteiger partial charge >= 0.3 is 0 Å². The number of rotatable bonds is 5. The van der Waals surface area contributed by atoms with Gasteiger partial charge in [-0.2, -0.15) is 0 Å². The number of para-hydroxylation sites is 1. The van der Waals surface area contributed by atoms with Crippen LogP contribution in [0.5, 0.6) is 0 Å². The summed E-state index contributed by atoms with van der Waals surface area (Å²) in [6, 6.07) is 19.3. The summed E-state index contributed by atoms with van der Waals surface area (Å²) in [7, 11) is 1.76. The van der Waals surface area contributed by atoms with Gasteiger partial charge in [0.15, 0.2) is 0 Å². The van der Waals surface area contributed by atoms with E-state index in [-0.39, 0.29) is 17.4 Å². The normalized spacial score (nSPS) is 14.1. The van der Waals surface area contributed by atoms with Crippen molar-refractivity contribution in [3.8, 4) is 5.69 Å². The molecule has 4 rings (SSSR count). The summed E-state index contributed by atoms with van der Waals surface area (Å²) in [5.41, 5.74) is 3.01. The van der Waals surface area contributed by atoms with Gasteiger partial charge in [0.2, 0.25) is 11.9 Å². The fourth-order valence-electron chi connectivity index (χ4n) is 4.11. The van der Waals surface area contributed by atoms with Gasteiger partial charge in [0.25, 0.3) is 5.56 Å². The van der Waals surface area contributed by atoms with E-state index < -0.39 is 0 Å². The standard InChI is InChI=1S/C24H26N4O2/c1-3-19(17-10-6-4-7-11-17)22(29)27-15-14-21-20(16-27)23(30)28(24(25-2)26-21)18-12-8-5-9-13-18/h4-13,19H,3,14-16H2,1-2H3,(H,25,26). The summed E-state index contributed by atoms with van der Waals surface area (Å²) in [5, 5.41) is 3.04. The van der Waals surface area contributed by atoms with Gasteiger partial charge in [-0.15, -0.1) is 0 Å². The maximum atomic E-state index is 13.4. The number of anilines is 1. The number of benzene rings is 2. The third kappa shape index (κ3) is 3.61. The Labute approximate surface area is 176 Å². The highest BCUT2D eigenvalue weighted by Gasteiger charge is 2.30. The molecule has 1 N–H and O–H groups in total. The number of carbonyl (C=O) groups is 1. The van der Waals surface area contributed by atoms with Crippen molar-refractivity contribution in [2.75, 3.05) is 18.9 Å². The van der Waals surface area contributed by atoms with Gasteiger partial charge in [-0.3, -0.25) is 9.59 Å². The van der Waals surface area contributed by atoms with Crippen LogP contribution >= 0.6 is 0 Å². The minimum atomic E-state index is -0.200. The fourth-order valence-corrected chi connectivity index (χ4v) is 4.11. The second-order valence-electron chi connectivity index (χ2n) is 7.47. The molecule has 1 unspecified atom stereocenters. The minimum absolute atomic E-state index is 0.0673. The molecule has 1 amide bonds. The van der Waals surface area contributed by atoms with Crippen LogP contribution in [0.15, 0.2) is 65.5 Å². The van der Waals surface area contributed by atoms with Gasteiger partial charge in [0.1, 0.15) is 0 Å². The number of nitrogens with one attached hydrogen (secondary N) is 1. The zero-order chi connectivity index (χ0) is 21.1. The van der Waals surface area contributed by atoms with Crippen LogP contribution in [0.3, 0.4) is 0 Å². The van der Waals surface area contributed by atoms with E-state index in [2.05, 4.69) is 5.32 Å². The Kier molecular flexibility index (Phi) is 5.65. The van der Waals surface area contributed by atoms with Gasteiger partial charge in [0, 0.05) is 20.0 Å². The molecule has 6 nitrogen and oxygen atoms in total. The van der Waals surface area contributed by atoms with E-state index in [0.717, 1.165) is 23.4 Å². The quantitative estimate of drug-likeness (QED) is 0.711. The molecule has 30 heavy (non-hydrogen) atoms. The molecule has 0 fully saturated rings. The van der Waals surface area contributed by atoms with E-state index in [1.165, 1.54) is 0 Å². The number of aromatic nitrogens is 2. The van der Waals surface area contributed by atoms with Crippen LogP contribution in [0.4, 0.5) is 5.95 Å². The third-order valence-corrected chi connectivity index (χ3v) is 5.69. The molecule has 0 saturated heterocycles. The third-order valence-electron chi connectivity index (χ3n) is 5.69. The summed E-state index contributed by atoms with van der Waals surface area (Å²) < 4.78 is 1.58. The highest BCUT2D eigenvalue weighted by Crippen LogP contribution is 2.26. The lowest BCUT2D eigenvalue weighted by Crippen LogP contribution is -2.43. The van der Waals surface area contributed by atoms with Crippen LogP contribution < -0.4 is 10.9 Å². The molecule has 1 aromatic heterocycles. The van der Waals surface area contributed by atoms with Gasteiger partial charge in [0.05, 0.1) is 29.4 Å². The predicted octanol–water partition coefficient (Wildman–Crippen LogP) is 3.35. The summed E-state index contributed by atoms with van der Waals surface area (Å²) in [4.78, 5) is 33.2. The van der Waals surface area contributed by atoms with E-state index in [1.807, 2.05) is 67.6 Å². The Bertz CT molecular complexity index is 1090. The van der Waals surface area contributed by atoms with Crippen LogP contribution in [0.25, 0.3) is 5.69 Å². The summed E-state index contributed by atoms with van der Waals surface area (Å²) >= 11 is 0. The molecule has 1 atom stereocenters. The number of fused-ring (bicyclic) bond motifs is 1. The molecule has 6 heteroatoms. The molecule has 1 aliphatic heterocycles. The van der Waals surface area contributed by atoms with Crippen LogP contribution in [0, 0.1) is 0 Å². The lowest BCUT2D eigenvalue weighted by atomic mass is 9.94. The molecule has 0 saturated carbocycles. The monoisotopic (exact) mass is 402 g/mol. The Hall–Kier alpha value is -3.41. The summed E-state index contributed by atoms with van der Waals surface area (Å²) in [6.45, 7) is 2.89. The zero-order valence-electron chi connectivity index (χ0n) is 17.3. The Morgan fingerprint density at radius 3 is 2.40 bits per heavy atom. The van der Waals surface area contributed by atoms with Crippen molar-refractivity contribution in [3.05, 3.63) is 87.8 Å². The van der Waals surface area contributed by atoms with Gasteiger partial charge in [-0.05, 0) is 24.1 Å². The average Bonchev–Trinajstić information content (AvgIpc) is 2.80. The van der Waals surface area contributed by atoms with Crippen molar-refractivity contribution in [1.82, 2.24) is 14.5 Å². The first-order valence-corrected chi connectivity index (χ1v) is 10.4. The van der Waals surface area contributed by atoms with Crippen LogP contribution in [-0.4, -0.2) is 34.0 Å². The first kappa shape index (κ1) is 19.9. The van der Waals surface area contributed by atoms with Gasteiger partial charge in [-0.25, -0.2) is 9.55 Å². The smallest absolute Gasteiger partial charge is 0.264 e. The molecule has 154 valence electrons. The number of amides is 1. The molecule has 2 aromatic carbocycles. The van der Waals surface area contributed by atoms with E-state index in [0.29, 0.717) is 31.0 Å². The summed E-state index contributed by atoms with van der Waals surface area (Å²) in [5.74, 6) is 0.381. The Morgan fingerprint density at radius 1 is 1.10 bits per heavy atom. The van der Waals surface area contributed by atoms with Gasteiger partial charge < -0.3 is 10.2 Å². The molecular weight excluding hydrogens is 376 g/mol. The maximum absolute atomic E-state index is 13.4. The van der Waals surface area contributed by atoms with E-state index >= 15 is 0 Å². The topological polar surface area (TPSA) is 67.2 Å². The number of hydrogen-bond donors (Lipinski definition) is 1. The first-order chi connectivity index (χ1) is 14.6. The van der Waals surface area contributed by atoms with Crippen molar-refractivity contribution < 1.29 is 4.79 Å². The average molecular weight is 402 g/mol. The molecular formula is C24H26N4O2. The van der Waals surface area contributed by atoms with E-state index in [1.54, 1.807) is 16.5 Å². The first-order valence-electron chi connectivity index (χ1n) is 10.4. The molecule has 0 radical (unpaired) electrons. The van der Waals surface area contributed by atoms with Crippen molar-refractivity contribution in [2.45, 2.75) is 32.2 Å². The second kappa shape index (κ2) is 8.53. The lowest BCUT2D eigenvalue weighted by Gasteiger charge is -2.31. The molecule has 2 heterocycles. The summed E-state index contributed by atoms with van der Waals surface area (Å²) in [6.07, 6.45) is 1.29. The number of nitrogens with zero attached hydrogens (tertiary/aromatic N) is 3. The number of hydrogen-bond acceptors (Lipinski definition) is 4. The van der Waals surface area contributed by atoms with Crippen LogP contribution in [0.2, 0.25) is 0 Å². The van der Waals surface area contributed by atoms with Crippen LogP contribution in [0.1, 0.15) is 36.1 Å². The van der Waals surface area contributed by atoms with Gasteiger partial charge in [-0.1, -0.05) is 55.5 Å². The van der Waals surface area contributed by atoms with Crippen molar-refractivity contribution in [2.24, 2.45) is 0 Å².